The van der Waals surface area contributed by atoms with Crippen LogP contribution in [0.5, 0.6) is 0 Å². The third-order valence-corrected chi connectivity index (χ3v) is 2.31. The highest BCUT2D eigenvalue weighted by Crippen LogP contribution is 2.01. The van der Waals surface area contributed by atoms with Crippen molar-refractivity contribution in [1.29, 1.82) is 0 Å². The van der Waals surface area contributed by atoms with E-state index in [9.17, 15) is 0 Å². The monoisotopic (exact) mass is 210 g/mol. The van der Waals surface area contributed by atoms with Crippen molar-refractivity contribution in [3.63, 3.8) is 0 Å². The van der Waals surface area contributed by atoms with E-state index in [4.69, 9.17) is 0 Å². The molecule has 0 aliphatic rings. The van der Waals surface area contributed by atoms with Gasteiger partial charge in [0.25, 0.3) is 0 Å². The topological polar surface area (TPSA) is 42.7 Å². The zero-order valence-corrected chi connectivity index (χ0v) is 10.0. The van der Waals surface area contributed by atoms with Crippen LogP contribution in [0.1, 0.15) is 32.5 Å². The Kier molecular flexibility index (Phi) is 5.32. The Hall–Kier alpha value is -0.900. The lowest BCUT2D eigenvalue weighted by molar-refractivity contribution is 0.527. The van der Waals surface area contributed by atoms with Crippen molar-refractivity contribution in [2.45, 2.75) is 33.1 Å². The van der Waals surface area contributed by atoms with Gasteiger partial charge in [-0.15, -0.1) is 0 Å². The summed E-state index contributed by atoms with van der Waals surface area (Å²) in [5.74, 6) is 1.73. The molecule has 4 heteroatoms. The number of hydrogen-bond acceptors (Lipinski definition) is 3. The number of rotatable bonds is 7. The molecule has 15 heavy (non-hydrogen) atoms. The molecule has 0 bridgehead atoms. The van der Waals surface area contributed by atoms with Crippen LogP contribution in [0.25, 0.3) is 0 Å². The molecule has 0 amide bonds. The normalized spacial score (nSPS) is 11.2. The molecule has 0 aliphatic carbocycles. The Morgan fingerprint density at radius 1 is 1.40 bits per heavy atom. The molecule has 0 unspecified atom stereocenters. The summed E-state index contributed by atoms with van der Waals surface area (Å²) in [6.45, 7) is 6.60. The quantitative estimate of drug-likeness (QED) is 0.691. The summed E-state index contributed by atoms with van der Waals surface area (Å²) in [5.41, 5.74) is 0. The van der Waals surface area contributed by atoms with Crippen LogP contribution in [0.4, 0.5) is 0 Å². The molecule has 1 rings (SSSR count). The van der Waals surface area contributed by atoms with Gasteiger partial charge in [-0.3, -0.25) is 4.68 Å². The van der Waals surface area contributed by atoms with Gasteiger partial charge in [0.15, 0.2) is 5.82 Å². The molecule has 0 fully saturated rings. The Morgan fingerprint density at radius 3 is 2.80 bits per heavy atom. The highest BCUT2D eigenvalue weighted by atomic mass is 15.3. The van der Waals surface area contributed by atoms with E-state index < -0.39 is 0 Å². The first kappa shape index (κ1) is 12.2. The third kappa shape index (κ3) is 5.52. The standard InChI is InChI=1S/C11H22N4/c1-10(2)5-4-7-12-8-6-11-13-9-15(3)14-11/h9-10,12H,4-8H2,1-3H3. The van der Waals surface area contributed by atoms with Gasteiger partial charge in [-0.25, -0.2) is 4.98 Å². The minimum Gasteiger partial charge on any atom is -0.316 e. The summed E-state index contributed by atoms with van der Waals surface area (Å²) in [4.78, 5) is 4.17. The predicted molar refractivity (Wildman–Crippen MR) is 61.6 cm³/mol. The second kappa shape index (κ2) is 6.56. The van der Waals surface area contributed by atoms with E-state index in [1.807, 2.05) is 7.05 Å². The lowest BCUT2D eigenvalue weighted by atomic mass is 10.1. The minimum atomic E-state index is 0.809. The molecule has 1 aromatic rings. The third-order valence-electron chi connectivity index (χ3n) is 2.31. The van der Waals surface area contributed by atoms with Crippen LogP contribution in [-0.2, 0) is 13.5 Å². The lowest BCUT2D eigenvalue weighted by Gasteiger charge is -2.05. The van der Waals surface area contributed by atoms with E-state index in [0.29, 0.717) is 0 Å². The molecule has 0 atom stereocenters. The van der Waals surface area contributed by atoms with Crippen molar-refractivity contribution >= 4 is 0 Å². The second-order valence-corrected chi connectivity index (χ2v) is 4.37. The van der Waals surface area contributed by atoms with Crippen molar-refractivity contribution in [2.24, 2.45) is 13.0 Å². The first-order valence-electron chi connectivity index (χ1n) is 5.73. The maximum Gasteiger partial charge on any atom is 0.151 e. The average Bonchev–Trinajstić information content (AvgIpc) is 2.57. The van der Waals surface area contributed by atoms with Crippen LogP contribution < -0.4 is 5.32 Å². The maximum absolute atomic E-state index is 4.22. The fourth-order valence-electron chi connectivity index (χ4n) is 1.46. The molecule has 1 aromatic heterocycles. The molecule has 0 aromatic carbocycles. The van der Waals surface area contributed by atoms with Gasteiger partial charge in [0, 0.05) is 20.0 Å². The van der Waals surface area contributed by atoms with Gasteiger partial charge in [-0.05, 0) is 25.3 Å². The summed E-state index contributed by atoms with van der Waals surface area (Å²) < 4.78 is 1.74. The van der Waals surface area contributed by atoms with Crippen molar-refractivity contribution in [3.05, 3.63) is 12.2 Å². The minimum absolute atomic E-state index is 0.809. The zero-order chi connectivity index (χ0) is 11.1. The molecule has 86 valence electrons. The fourth-order valence-corrected chi connectivity index (χ4v) is 1.46. The van der Waals surface area contributed by atoms with Crippen LogP contribution >= 0.6 is 0 Å². The summed E-state index contributed by atoms with van der Waals surface area (Å²) in [6.07, 6.45) is 5.22. The largest absolute Gasteiger partial charge is 0.316 e. The molecular weight excluding hydrogens is 188 g/mol. The molecule has 0 radical (unpaired) electrons. The smallest absolute Gasteiger partial charge is 0.151 e. The predicted octanol–water partition coefficient (Wildman–Crippen LogP) is 1.38. The van der Waals surface area contributed by atoms with Crippen LogP contribution in [0.15, 0.2) is 6.33 Å². The SMILES string of the molecule is CC(C)CCCNCCc1ncn(C)n1. The van der Waals surface area contributed by atoms with Crippen LogP contribution in [0.2, 0.25) is 0 Å². The van der Waals surface area contributed by atoms with Crippen LogP contribution in [0, 0.1) is 5.92 Å². The van der Waals surface area contributed by atoms with Gasteiger partial charge in [-0.2, -0.15) is 5.10 Å². The maximum atomic E-state index is 4.22. The number of nitrogens with zero attached hydrogens (tertiary/aromatic N) is 3. The molecule has 0 aliphatic heterocycles. The van der Waals surface area contributed by atoms with Crippen LogP contribution in [0.3, 0.4) is 0 Å². The van der Waals surface area contributed by atoms with Crippen molar-refractivity contribution < 1.29 is 0 Å². The Morgan fingerprint density at radius 2 is 2.20 bits per heavy atom. The van der Waals surface area contributed by atoms with E-state index in [0.717, 1.165) is 31.3 Å². The van der Waals surface area contributed by atoms with Crippen molar-refractivity contribution in [3.8, 4) is 0 Å². The summed E-state index contributed by atoms with van der Waals surface area (Å²) in [6, 6.07) is 0. The number of nitrogens with one attached hydrogen (secondary N) is 1. The van der Waals surface area contributed by atoms with E-state index in [-0.39, 0.29) is 0 Å². The summed E-state index contributed by atoms with van der Waals surface area (Å²) in [5, 5.41) is 7.63. The Balaban J connectivity index is 1.98. The zero-order valence-electron chi connectivity index (χ0n) is 10.0. The number of hydrogen-bond donors (Lipinski definition) is 1. The van der Waals surface area contributed by atoms with E-state index >= 15 is 0 Å². The molecule has 1 heterocycles. The van der Waals surface area contributed by atoms with Crippen molar-refractivity contribution in [1.82, 2.24) is 20.1 Å². The molecule has 4 nitrogen and oxygen atoms in total. The van der Waals surface area contributed by atoms with Gasteiger partial charge >= 0.3 is 0 Å². The first-order valence-corrected chi connectivity index (χ1v) is 5.73. The van der Waals surface area contributed by atoms with Gasteiger partial charge in [0.1, 0.15) is 6.33 Å². The van der Waals surface area contributed by atoms with Gasteiger partial charge in [-0.1, -0.05) is 13.8 Å². The fraction of sp³-hybridized carbons (Fsp3) is 0.818. The van der Waals surface area contributed by atoms with Gasteiger partial charge in [0.2, 0.25) is 0 Å². The van der Waals surface area contributed by atoms with Crippen molar-refractivity contribution in [2.75, 3.05) is 13.1 Å². The Labute approximate surface area is 92.1 Å². The molecule has 0 saturated carbocycles. The highest BCUT2D eigenvalue weighted by Gasteiger charge is 1.98. The molecule has 0 saturated heterocycles. The summed E-state index contributed by atoms with van der Waals surface area (Å²) in [7, 11) is 1.90. The van der Waals surface area contributed by atoms with Crippen LogP contribution in [-0.4, -0.2) is 27.9 Å². The number of aromatic nitrogens is 3. The molecule has 0 spiro atoms. The number of aryl methyl sites for hydroxylation is 1. The van der Waals surface area contributed by atoms with E-state index in [1.54, 1.807) is 11.0 Å². The van der Waals surface area contributed by atoms with E-state index in [1.165, 1.54) is 12.8 Å². The molecular formula is C11H22N4. The second-order valence-electron chi connectivity index (χ2n) is 4.37. The molecule has 1 N–H and O–H groups in total. The summed E-state index contributed by atoms with van der Waals surface area (Å²) >= 11 is 0. The van der Waals surface area contributed by atoms with Gasteiger partial charge in [0.05, 0.1) is 0 Å². The lowest BCUT2D eigenvalue weighted by Crippen LogP contribution is -2.19. The van der Waals surface area contributed by atoms with Gasteiger partial charge < -0.3 is 5.32 Å². The highest BCUT2D eigenvalue weighted by molar-refractivity contribution is 4.81. The Bertz CT molecular complexity index is 267. The average molecular weight is 210 g/mol. The first-order chi connectivity index (χ1) is 7.18. The van der Waals surface area contributed by atoms with E-state index in [2.05, 4.69) is 29.2 Å².